The molecule has 2 aromatic heterocycles. The smallest absolute Gasteiger partial charge is 0.258 e. The number of halogens is 1. The number of benzene rings is 1. The molecule has 5 rings (SSSR count). The third-order valence-electron chi connectivity index (χ3n) is 7.00. The van der Waals surface area contributed by atoms with Crippen LogP contribution < -0.4 is 15.6 Å². The number of rotatable bonds is 8. The monoisotopic (exact) mass is 554 g/mol. The van der Waals surface area contributed by atoms with Crippen LogP contribution in [0.4, 0.5) is 0 Å². The molecule has 0 bridgehead atoms. The molecular formula is C28H31ClN4O4S. The first-order valence-electron chi connectivity index (χ1n) is 12.7. The molecule has 0 radical (unpaired) electrons. The van der Waals surface area contributed by atoms with E-state index >= 15 is 0 Å². The first-order valence-corrected chi connectivity index (χ1v) is 14.9. The average molecular weight is 555 g/mol. The highest BCUT2D eigenvalue weighted by molar-refractivity contribution is 7.88. The van der Waals surface area contributed by atoms with Crippen LogP contribution in [0.5, 0.6) is 5.75 Å². The number of sulfonamides is 1. The van der Waals surface area contributed by atoms with Crippen molar-refractivity contribution >= 4 is 33.4 Å². The second-order valence-electron chi connectivity index (χ2n) is 9.84. The highest BCUT2D eigenvalue weighted by Gasteiger charge is 2.25. The van der Waals surface area contributed by atoms with Crippen LogP contribution in [0.1, 0.15) is 41.6 Å². The molecule has 0 saturated carbocycles. The number of ether oxygens (including phenoxy) is 1. The molecule has 3 heterocycles. The van der Waals surface area contributed by atoms with E-state index in [4.69, 9.17) is 16.3 Å². The predicted molar refractivity (Wildman–Crippen MR) is 149 cm³/mol. The van der Waals surface area contributed by atoms with Gasteiger partial charge in [-0.2, -0.15) is 0 Å². The molecule has 1 aliphatic heterocycles. The molecule has 200 valence electrons. The summed E-state index contributed by atoms with van der Waals surface area (Å²) in [5.41, 5.74) is 5.07. The van der Waals surface area contributed by atoms with Crippen molar-refractivity contribution in [3.05, 3.63) is 92.6 Å². The van der Waals surface area contributed by atoms with Crippen LogP contribution in [0.2, 0.25) is 5.02 Å². The number of nitrogens with one attached hydrogen (secondary N) is 1. The highest BCUT2D eigenvalue weighted by atomic mass is 35.5. The maximum atomic E-state index is 12.8. The standard InChI is InChI=1S/C28H31ClN4O4S/c1-38(35,36)32-11-2-3-24(18-32)30-16-20-4-5-22-14-26(9-6-21(22)13-20)33-12-10-27(15-28(33)34)37-19-25-8-7-23(29)17-31-25/h4-5,7-8,10,12-15,17,24,30H,2-3,6,9,11,16,18-19H2,1H3/t24-/m0/s1. The van der Waals surface area contributed by atoms with Gasteiger partial charge in [0.2, 0.25) is 10.0 Å². The zero-order valence-corrected chi connectivity index (χ0v) is 22.8. The Balaban J connectivity index is 1.21. The normalized spacial score (nSPS) is 18.1. The SMILES string of the molecule is CS(=O)(=O)N1CCC[C@H](NCc2ccc3c(c2)CCC(n2ccc(OCc4ccc(Cl)cn4)cc2=O)=C3)C1. The number of pyridine rings is 2. The minimum absolute atomic E-state index is 0.141. The molecule has 1 aromatic carbocycles. The van der Waals surface area contributed by atoms with Crippen LogP contribution in [0.15, 0.2) is 59.7 Å². The number of allylic oxidation sites excluding steroid dienone is 1. The zero-order valence-electron chi connectivity index (χ0n) is 21.3. The van der Waals surface area contributed by atoms with Crippen molar-refractivity contribution in [3.8, 4) is 5.75 Å². The lowest BCUT2D eigenvalue weighted by Gasteiger charge is -2.31. The Kier molecular flexibility index (Phi) is 7.99. The predicted octanol–water partition coefficient (Wildman–Crippen LogP) is 3.93. The Morgan fingerprint density at radius 3 is 2.79 bits per heavy atom. The Morgan fingerprint density at radius 2 is 2.03 bits per heavy atom. The molecular weight excluding hydrogens is 524 g/mol. The topological polar surface area (TPSA) is 93.5 Å². The van der Waals surface area contributed by atoms with E-state index in [0.717, 1.165) is 42.6 Å². The van der Waals surface area contributed by atoms with Crippen LogP contribution in [0, 0.1) is 0 Å². The first-order chi connectivity index (χ1) is 18.2. The van der Waals surface area contributed by atoms with E-state index in [-0.39, 0.29) is 18.2 Å². The molecule has 1 atom stereocenters. The van der Waals surface area contributed by atoms with Crippen molar-refractivity contribution in [2.24, 2.45) is 0 Å². The van der Waals surface area contributed by atoms with E-state index < -0.39 is 10.0 Å². The van der Waals surface area contributed by atoms with Gasteiger partial charge in [-0.15, -0.1) is 0 Å². The Morgan fingerprint density at radius 1 is 1.16 bits per heavy atom. The summed E-state index contributed by atoms with van der Waals surface area (Å²) in [5, 5.41) is 4.09. The second-order valence-corrected chi connectivity index (χ2v) is 12.3. The number of piperidine rings is 1. The Labute approximate surface area is 228 Å². The zero-order chi connectivity index (χ0) is 26.7. The summed E-state index contributed by atoms with van der Waals surface area (Å²) in [7, 11) is -3.15. The van der Waals surface area contributed by atoms with Gasteiger partial charge in [-0.25, -0.2) is 12.7 Å². The molecule has 3 aromatic rings. The maximum Gasteiger partial charge on any atom is 0.258 e. The fourth-order valence-electron chi connectivity index (χ4n) is 4.94. The van der Waals surface area contributed by atoms with Crippen LogP contribution >= 0.6 is 11.6 Å². The van der Waals surface area contributed by atoms with Gasteiger partial charge in [-0.05, 0) is 66.6 Å². The summed E-state index contributed by atoms with van der Waals surface area (Å²) in [6.45, 7) is 2.07. The van der Waals surface area contributed by atoms with Gasteiger partial charge in [0.1, 0.15) is 12.4 Å². The molecule has 1 aliphatic carbocycles. The summed E-state index contributed by atoms with van der Waals surface area (Å²) >= 11 is 5.87. The highest BCUT2D eigenvalue weighted by Crippen LogP contribution is 2.27. The van der Waals surface area contributed by atoms with Gasteiger partial charge < -0.3 is 10.1 Å². The van der Waals surface area contributed by atoms with E-state index in [9.17, 15) is 13.2 Å². The largest absolute Gasteiger partial charge is 0.487 e. The van der Waals surface area contributed by atoms with Gasteiger partial charge in [0, 0.05) is 49.8 Å². The van der Waals surface area contributed by atoms with Crippen LogP contribution in [-0.4, -0.2) is 47.7 Å². The molecule has 8 nitrogen and oxygen atoms in total. The first kappa shape index (κ1) is 26.6. The van der Waals surface area contributed by atoms with E-state index in [0.29, 0.717) is 30.4 Å². The van der Waals surface area contributed by atoms with Crippen molar-refractivity contribution in [1.82, 2.24) is 19.2 Å². The summed E-state index contributed by atoms with van der Waals surface area (Å²) in [5.74, 6) is 0.495. The minimum atomic E-state index is -3.15. The second kappa shape index (κ2) is 11.4. The van der Waals surface area contributed by atoms with E-state index in [1.165, 1.54) is 23.4 Å². The summed E-state index contributed by atoms with van der Waals surface area (Å²) in [6, 6.07) is 13.4. The summed E-state index contributed by atoms with van der Waals surface area (Å²) in [4.78, 5) is 17.0. The van der Waals surface area contributed by atoms with Gasteiger partial charge in [0.15, 0.2) is 0 Å². The third kappa shape index (κ3) is 6.53. The van der Waals surface area contributed by atoms with Crippen molar-refractivity contribution in [3.63, 3.8) is 0 Å². The van der Waals surface area contributed by atoms with Crippen LogP contribution in [0.25, 0.3) is 11.8 Å². The molecule has 10 heteroatoms. The number of hydrogen-bond donors (Lipinski definition) is 1. The van der Waals surface area contributed by atoms with Crippen LogP contribution in [-0.2, 0) is 29.6 Å². The van der Waals surface area contributed by atoms with E-state index in [1.807, 2.05) is 0 Å². The fourth-order valence-corrected chi connectivity index (χ4v) is 5.96. The minimum Gasteiger partial charge on any atom is -0.487 e. The molecule has 0 spiro atoms. The van der Waals surface area contributed by atoms with E-state index in [2.05, 4.69) is 34.6 Å². The van der Waals surface area contributed by atoms with Gasteiger partial charge in [-0.1, -0.05) is 29.8 Å². The number of hydrogen-bond acceptors (Lipinski definition) is 6. The lowest BCUT2D eigenvalue weighted by atomic mass is 9.93. The Hall–Kier alpha value is -2.98. The molecule has 0 amide bonds. The molecule has 1 saturated heterocycles. The van der Waals surface area contributed by atoms with Crippen molar-refractivity contribution < 1.29 is 13.2 Å². The van der Waals surface area contributed by atoms with Crippen LogP contribution in [0.3, 0.4) is 0 Å². The Bertz CT molecular complexity index is 1500. The lowest BCUT2D eigenvalue weighted by molar-refractivity contribution is 0.284. The molecule has 38 heavy (non-hydrogen) atoms. The van der Waals surface area contributed by atoms with Gasteiger partial charge in [0.25, 0.3) is 5.56 Å². The van der Waals surface area contributed by atoms with Crippen molar-refractivity contribution in [1.29, 1.82) is 0 Å². The average Bonchev–Trinajstić information content (AvgIpc) is 2.91. The van der Waals surface area contributed by atoms with Gasteiger partial charge in [0.05, 0.1) is 17.0 Å². The third-order valence-corrected chi connectivity index (χ3v) is 8.50. The quantitative estimate of drug-likeness (QED) is 0.453. The maximum absolute atomic E-state index is 12.8. The molecule has 0 unspecified atom stereocenters. The lowest BCUT2D eigenvalue weighted by Crippen LogP contribution is -2.47. The molecule has 1 N–H and O–H groups in total. The van der Waals surface area contributed by atoms with Crippen molar-refractivity contribution in [2.45, 2.75) is 44.9 Å². The molecule has 2 aliphatic rings. The number of nitrogens with zero attached hydrogens (tertiary/aromatic N) is 3. The summed E-state index contributed by atoms with van der Waals surface area (Å²) < 4.78 is 32.7. The summed E-state index contributed by atoms with van der Waals surface area (Å²) in [6.07, 6.45) is 10.1. The number of aromatic nitrogens is 2. The number of aryl methyl sites for hydroxylation is 1. The molecule has 1 fully saturated rings. The van der Waals surface area contributed by atoms with E-state index in [1.54, 1.807) is 39.5 Å². The van der Waals surface area contributed by atoms with Crippen molar-refractivity contribution in [2.75, 3.05) is 19.3 Å². The van der Waals surface area contributed by atoms with Gasteiger partial charge >= 0.3 is 0 Å². The fraction of sp³-hybridized carbons (Fsp3) is 0.357. The van der Waals surface area contributed by atoms with Gasteiger partial charge in [-0.3, -0.25) is 14.3 Å². The number of fused-ring (bicyclic) bond motifs is 1.